The summed E-state index contributed by atoms with van der Waals surface area (Å²) in [6.07, 6.45) is 11.3. The van der Waals surface area contributed by atoms with Gasteiger partial charge in [0.2, 0.25) is 0 Å². The first kappa shape index (κ1) is 14.0. The maximum atomic E-state index is 2.41. The zero-order valence-electron chi connectivity index (χ0n) is 10.8. The number of rotatable bonds is 9. The molecule has 0 spiro atoms. The fourth-order valence-corrected chi connectivity index (χ4v) is 2.35. The van der Waals surface area contributed by atoms with Crippen molar-refractivity contribution >= 4 is 0 Å². The first-order chi connectivity index (χ1) is 6.74. The Kier molecular flexibility index (Phi) is 9.55. The first-order valence-electron chi connectivity index (χ1n) is 6.74. The van der Waals surface area contributed by atoms with E-state index in [9.17, 15) is 0 Å². The van der Waals surface area contributed by atoms with Gasteiger partial charge < -0.3 is 0 Å². The normalized spacial score (nSPS) is 15.4. The van der Waals surface area contributed by atoms with Crippen LogP contribution in [0.3, 0.4) is 0 Å². The van der Waals surface area contributed by atoms with Crippen LogP contribution in [0.25, 0.3) is 0 Å². The maximum Gasteiger partial charge on any atom is -0.0417 e. The lowest BCUT2D eigenvalue weighted by atomic mass is 9.91. The molecule has 14 heavy (non-hydrogen) atoms. The highest BCUT2D eigenvalue weighted by atomic mass is 14.1. The van der Waals surface area contributed by atoms with Gasteiger partial charge in [-0.25, -0.2) is 0 Å². The summed E-state index contributed by atoms with van der Waals surface area (Å²) in [5.74, 6) is 1.97. The molecule has 0 fully saturated rings. The topological polar surface area (TPSA) is 0 Å². The summed E-state index contributed by atoms with van der Waals surface area (Å²) >= 11 is 0. The molecular weight excluding hydrogens is 168 g/mol. The molecule has 0 saturated carbocycles. The van der Waals surface area contributed by atoms with Crippen LogP contribution in [0.4, 0.5) is 0 Å². The molecule has 0 heteroatoms. The summed E-state index contributed by atoms with van der Waals surface area (Å²) in [6, 6.07) is 0. The molecule has 0 aliphatic rings. The summed E-state index contributed by atoms with van der Waals surface area (Å²) in [7, 11) is 0. The Balaban J connectivity index is 3.40. The van der Waals surface area contributed by atoms with Crippen molar-refractivity contribution in [3.05, 3.63) is 0 Å². The molecule has 0 aliphatic carbocycles. The van der Waals surface area contributed by atoms with Gasteiger partial charge in [0.1, 0.15) is 0 Å². The molecule has 0 aliphatic heterocycles. The van der Waals surface area contributed by atoms with Gasteiger partial charge in [-0.1, -0.05) is 79.1 Å². The molecule has 0 amide bonds. The average molecular weight is 198 g/mol. The van der Waals surface area contributed by atoms with Gasteiger partial charge in [0.25, 0.3) is 0 Å². The van der Waals surface area contributed by atoms with Crippen molar-refractivity contribution in [2.45, 2.75) is 79.1 Å². The van der Waals surface area contributed by atoms with E-state index in [0.717, 1.165) is 11.8 Å². The molecule has 0 bridgehead atoms. The smallest absolute Gasteiger partial charge is 0.0417 e. The summed E-state index contributed by atoms with van der Waals surface area (Å²) < 4.78 is 0. The molecule has 0 aromatic carbocycles. The molecule has 2 atom stereocenters. The molecule has 86 valence electrons. The van der Waals surface area contributed by atoms with Crippen molar-refractivity contribution in [3.63, 3.8) is 0 Å². The Bertz CT molecular complexity index is 107. The third-order valence-electron chi connectivity index (χ3n) is 3.37. The zero-order chi connectivity index (χ0) is 10.8. The SMILES string of the molecule is CCCC(C)CCCC(CC)CCC. The number of hydrogen-bond acceptors (Lipinski definition) is 0. The van der Waals surface area contributed by atoms with Crippen molar-refractivity contribution in [1.82, 2.24) is 0 Å². The molecule has 0 saturated heterocycles. The van der Waals surface area contributed by atoms with Crippen molar-refractivity contribution in [3.8, 4) is 0 Å². The van der Waals surface area contributed by atoms with Crippen LogP contribution in [0.5, 0.6) is 0 Å². The lowest BCUT2D eigenvalue weighted by Crippen LogP contribution is -2.00. The van der Waals surface area contributed by atoms with E-state index in [2.05, 4.69) is 27.7 Å². The van der Waals surface area contributed by atoms with Gasteiger partial charge in [-0.05, 0) is 11.8 Å². The van der Waals surface area contributed by atoms with Crippen molar-refractivity contribution in [2.75, 3.05) is 0 Å². The third-order valence-corrected chi connectivity index (χ3v) is 3.37. The highest BCUT2D eigenvalue weighted by Crippen LogP contribution is 2.21. The predicted octanol–water partition coefficient (Wildman–Crippen LogP) is 5.42. The Morgan fingerprint density at radius 3 is 1.93 bits per heavy atom. The molecule has 0 radical (unpaired) electrons. The van der Waals surface area contributed by atoms with Crippen LogP contribution in [0.1, 0.15) is 79.1 Å². The van der Waals surface area contributed by atoms with Crippen molar-refractivity contribution < 1.29 is 0 Å². The molecular formula is C14H30. The molecule has 0 aromatic heterocycles. The highest BCUT2D eigenvalue weighted by molar-refractivity contribution is 4.59. The monoisotopic (exact) mass is 198 g/mol. The van der Waals surface area contributed by atoms with E-state index in [4.69, 9.17) is 0 Å². The lowest BCUT2D eigenvalue weighted by molar-refractivity contribution is 0.380. The highest BCUT2D eigenvalue weighted by Gasteiger charge is 2.06. The van der Waals surface area contributed by atoms with E-state index in [-0.39, 0.29) is 0 Å². The van der Waals surface area contributed by atoms with Gasteiger partial charge >= 0.3 is 0 Å². The van der Waals surface area contributed by atoms with Crippen LogP contribution in [-0.4, -0.2) is 0 Å². The van der Waals surface area contributed by atoms with Crippen LogP contribution >= 0.6 is 0 Å². The standard InChI is InChI=1S/C14H30/c1-5-9-13(4)11-8-12-14(7-3)10-6-2/h13-14H,5-12H2,1-4H3. The maximum absolute atomic E-state index is 2.41. The Hall–Kier alpha value is 0. The zero-order valence-corrected chi connectivity index (χ0v) is 10.8. The summed E-state index contributed by atoms with van der Waals surface area (Å²) in [5.41, 5.74) is 0. The minimum Gasteiger partial charge on any atom is -0.0654 e. The van der Waals surface area contributed by atoms with E-state index in [0.29, 0.717) is 0 Å². The molecule has 2 unspecified atom stereocenters. The first-order valence-corrected chi connectivity index (χ1v) is 6.74. The minimum atomic E-state index is 0.958. The van der Waals surface area contributed by atoms with E-state index < -0.39 is 0 Å². The minimum absolute atomic E-state index is 0.958. The number of hydrogen-bond donors (Lipinski definition) is 0. The Morgan fingerprint density at radius 2 is 1.43 bits per heavy atom. The molecule has 0 nitrogen and oxygen atoms in total. The van der Waals surface area contributed by atoms with Gasteiger partial charge in [0.05, 0.1) is 0 Å². The molecule has 0 rings (SSSR count). The molecule has 0 N–H and O–H groups in total. The predicted molar refractivity (Wildman–Crippen MR) is 66.6 cm³/mol. The van der Waals surface area contributed by atoms with Gasteiger partial charge in [0, 0.05) is 0 Å². The van der Waals surface area contributed by atoms with Gasteiger partial charge in [-0.2, -0.15) is 0 Å². The summed E-state index contributed by atoms with van der Waals surface area (Å²) in [5, 5.41) is 0. The lowest BCUT2D eigenvalue weighted by Gasteiger charge is -2.15. The summed E-state index contributed by atoms with van der Waals surface area (Å²) in [6.45, 7) is 9.35. The second kappa shape index (κ2) is 9.55. The van der Waals surface area contributed by atoms with Crippen LogP contribution in [0.15, 0.2) is 0 Å². The fourth-order valence-electron chi connectivity index (χ4n) is 2.35. The van der Waals surface area contributed by atoms with Gasteiger partial charge in [-0.3, -0.25) is 0 Å². The largest absolute Gasteiger partial charge is 0.0654 e. The molecule has 0 heterocycles. The van der Waals surface area contributed by atoms with Crippen LogP contribution in [0.2, 0.25) is 0 Å². The fraction of sp³-hybridized carbons (Fsp3) is 1.00. The Labute approximate surface area is 91.5 Å². The van der Waals surface area contributed by atoms with Crippen molar-refractivity contribution in [2.24, 2.45) is 11.8 Å². The van der Waals surface area contributed by atoms with Gasteiger partial charge in [0.15, 0.2) is 0 Å². The van der Waals surface area contributed by atoms with Crippen LogP contribution in [-0.2, 0) is 0 Å². The van der Waals surface area contributed by atoms with E-state index in [1.165, 1.54) is 51.4 Å². The second-order valence-electron chi connectivity index (χ2n) is 4.89. The van der Waals surface area contributed by atoms with E-state index in [1.54, 1.807) is 0 Å². The van der Waals surface area contributed by atoms with Gasteiger partial charge in [-0.15, -0.1) is 0 Å². The van der Waals surface area contributed by atoms with Crippen LogP contribution in [0, 0.1) is 11.8 Å². The molecule has 0 aromatic rings. The average Bonchev–Trinajstić information content (AvgIpc) is 2.17. The Morgan fingerprint density at radius 1 is 0.786 bits per heavy atom. The quantitative estimate of drug-likeness (QED) is 0.464. The third kappa shape index (κ3) is 7.41. The van der Waals surface area contributed by atoms with Crippen LogP contribution < -0.4 is 0 Å². The summed E-state index contributed by atoms with van der Waals surface area (Å²) in [4.78, 5) is 0. The van der Waals surface area contributed by atoms with Crippen molar-refractivity contribution in [1.29, 1.82) is 0 Å². The second-order valence-corrected chi connectivity index (χ2v) is 4.89. The van der Waals surface area contributed by atoms with E-state index >= 15 is 0 Å². The van der Waals surface area contributed by atoms with E-state index in [1.807, 2.05) is 0 Å².